The third kappa shape index (κ3) is 5.00. The minimum atomic E-state index is 0.0764. The summed E-state index contributed by atoms with van der Waals surface area (Å²) in [6.45, 7) is 6.81. The van der Waals surface area contributed by atoms with Crippen LogP contribution >= 0.6 is 11.8 Å². The van der Waals surface area contributed by atoms with Gasteiger partial charge < -0.3 is 4.90 Å². The van der Waals surface area contributed by atoms with Crippen LogP contribution < -0.4 is 0 Å². The normalized spacial score (nSPS) is 10.0. The molecule has 0 saturated carbocycles. The van der Waals surface area contributed by atoms with E-state index in [0.29, 0.717) is 24.4 Å². The highest BCUT2D eigenvalue weighted by Gasteiger charge is 2.13. The van der Waals surface area contributed by atoms with Gasteiger partial charge in [-0.1, -0.05) is 36.4 Å². The number of benzene rings is 2. The zero-order valence-corrected chi connectivity index (χ0v) is 14.6. The maximum atomic E-state index is 12.6. The van der Waals surface area contributed by atoms with Gasteiger partial charge in [-0.05, 0) is 36.2 Å². The van der Waals surface area contributed by atoms with Crippen LogP contribution in [0.5, 0.6) is 0 Å². The highest BCUT2D eigenvalue weighted by Crippen LogP contribution is 2.22. The lowest BCUT2D eigenvalue weighted by Gasteiger charge is -2.21. The van der Waals surface area contributed by atoms with Crippen LogP contribution in [0.25, 0.3) is 0 Å². The Bertz CT molecular complexity index is 747. The van der Waals surface area contributed by atoms with Crippen LogP contribution in [0.15, 0.2) is 66.1 Å². The first-order valence-corrected chi connectivity index (χ1v) is 8.68. The molecule has 0 unspecified atom stereocenters. The SMILES string of the molecule is C=CCN(Cc1ccc(C#N)cc1)C(=O)CSc1ccccc1C. The Kier molecular flexibility index (Phi) is 6.65. The molecule has 0 atom stereocenters. The second-order valence-electron chi connectivity index (χ2n) is 5.43. The fraction of sp³-hybridized carbons (Fsp3) is 0.200. The summed E-state index contributed by atoms with van der Waals surface area (Å²) in [5.74, 6) is 0.474. The fourth-order valence-corrected chi connectivity index (χ4v) is 3.20. The number of thioether (sulfide) groups is 1. The molecule has 0 aliphatic heterocycles. The van der Waals surface area contributed by atoms with E-state index in [1.807, 2.05) is 43.3 Å². The second-order valence-corrected chi connectivity index (χ2v) is 6.44. The van der Waals surface area contributed by atoms with Crippen molar-refractivity contribution >= 4 is 17.7 Å². The van der Waals surface area contributed by atoms with E-state index in [1.54, 1.807) is 34.9 Å². The van der Waals surface area contributed by atoms with E-state index in [1.165, 1.54) is 5.56 Å². The molecule has 0 heterocycles. The van der Waals surface area contributed by atoms with Gasteiger partial charge in [0, 0.05) is 18.0 Å². The predicted octanol–water partition coefficient (Wildman–Crippen LogP) is 4.17. The maximum Gasteiger partial charge on any atom is 0.233 e. The quantitative estimate of drug-likeness (QED) is 0.563. The summed E-state index contributed by atoms with van der Waals surface area (Å²) in [6, 6.07) is 17.5. The summed E-state index contributed by atoms with van der Waals surface area (Å²) < 4.78 is 0. The first kappa shape index (κ1) is 17.8. The van der Waals surface area contributed by atoms with Gasteiger partial charge in [0.2, 0.25) is 5.91 Å². The van der Waals surface area contributed by atoms with Gasteiger partial charge >= 0.3 is 0 Å². The van der Waals surface area contributed by atoms with Crippen molar-refractivity contribution in [3.05, 3.63) is 77.9 Å². The van der Waals surface area contributed by atoms with Crippen LogP contribution in [0.1, 0.15) is 16.7 Å². The van der Waals surface area contributed by atoms with Crippen LogP contribution in [-0.4, -0.2) is 23.1 Å². The standard InChI is InChI=1S/C20H20N2OS/c1-3-12-22(14-18-10-8-17(13-21)9-11-18)20(23)15-24-19-7-5-4-6-16(19)2/h3-11H,1,12,14-15H2,2H3. The van der Waals surface area contributed by atoms with Crippen LogP contribution in [0, 0.1) is 18.3 Å². The Morgan fingerprint density at radius 1 is 1.25 bits per heavy atom. The minimum absolute atomic E-state index is 0.0764. The monoisotopic (exact) mass is 336 g/mol. The second kappa shape index (κ2) is 8.95. The number of hydrogen-bond acceptors (Lipinski definition) is 3. The highest BCUT2D eigenvalue weighted by molar-refractivity contribution is 8.00. The molecule has 0 aliphatic rings. The molecule has 3 nitrogen and oxygen atoms in total. The zero-order chi connectivity index (χ0) is 17.4. The molecule has 2 aromatic rings. The smallest absolute Gasteiger partial charge is 0.233 e. The fourth-order valence-electron chi connectivity index (χ4n) is 2.26. The van der Waals surface area contributed by atoms with Crippen molar-refractivity contribution in [3.8, 4) is 6.07 Å². The minimum Gasteiger partial charge on any atom is -0.334 e. The van der Waals surface area contributed by atoms with Gasteiger partial charge in [-0.25, -0.2) is 0 Å². The topological polar surface area (TPSA) is 44.1 Å². The third-order valence-corrected chi connectivity index (χ3v) is 4.76. The lowest BCUT2D eigenvalue weighted by Crippen LogP contribution is -2.32. The van der Waals surface area contributed by atoms with Gasteiger partial charge in [0.15, 0.2) is 0 Å². The van der Waals surface area contributed by atoms with Gasteiger partial charge in [0.25, 0.3) is 0 Å². The molecule has 0 saturated heterocycles. The highest BCUT2D eigenvalue weighted by atomic mass is 32.2. The number of carbonyl (C=O) groups is 1. The zero-order valence-electron chi connectivity index (χ0n) is 13.7. The Labute approximate surface area is 147 Å². The van der Waals surface area contributed by atoms with E-state index in [9.17, 15) is 4.79 Å². The van der Waals surface area contributed by atoms with Gasteiger partial charge in [-0.2, -0.15) is 5.26 Å². The van der Waals surface area contributed by atoms with Crippen molar-refractivity contribution in [1.29, 1.82) is 5.26 Å². The van der Waals surface area contributed by atoms with Crippen molar-refractivity contribution in [1.82, 2.24) is 4.90 Å². The molecule has 0 aliphatic carbocycles. The number of aryl methyl sites for hydroxylation is 1. The van der Waals surface area contributed by atoms with Crippen molar-refractivity contribution in [3.63, 3.8) is 0 Å². The predicted molar refractivity (Wildman–Crippen MR) is 98.7 cm³/mol. The van der Waals surface area contributed by atoms with Crippen molar-refractivity contribution < 1.29 is 4.79 Å². The maximum absolute atomic E-state index is 12.6. The summed E-state index contributed by atoms with van der Waals surface area (Å²) in [6.07, 6.45) is 1.74. The molecular weight excluding hydrogens is 316 g/mol. The van der Waals surface area contributed by atoms with E-state index in [-0.39, 0.29) is 5.91 Å². The molecule has 24 heavy (non-hydrogen) atoms. The van der Waals surface area contributed by atoms with Crippen LogP contribution in [0.2, 0.25) is 0 Å². The van der Waals surface area contributed by atoms with Gasteiger partial charge in [0.05, 0.1) is 17.4 Å². The molecule has 0 spiro atoms. The summed E-state index contributed by atoms with van der Waals surface area (Å²) >= 11 is 1.56. The molecule has 122 valence electrons. The molecule has 0 aromatic heterocycles. The molecule has 0 bridgehead atoms. The Balaban J connectivity index is 2.00. The van der Waals surface area contributed by atoms with E-state index < -0.39 is 0 Å². The van der Waals surface area contributed by atoms with Crippen molar-refractivity contribution in [2.24, 2.45) is 0 Å². The number of rotatable bonds is 7. The summed E-state index contributed by atoms with van der Waals surface area (Å²) in [5.41, 5.74) is 2.80. The first-order valence-electron chi connectivity index (χ1n) is 7.70. The molecule has 4 heteroatoms. The largest absolute Gasteiger partial charge is 0.334 e. The Morgan fingerprint density at radius 2 is 1.96 bits per heavy atom. The van der Waals surface area contributed by atoms with Crippen LogP contribution in [0.4, 0.5) is 0 Å². The first-order chi connectivity index (χ1) is 11.6. The Morgan fingerprint density at radius 3 is 2.58 bits per heavy atom. The van der Waals surface area contributed by atoms with E-state index in [4.69, 9.17) is 5.26 Å². The Hall–Kier alpha value is -2.51. The molecule has 1 amide bonds. The van der Waals surface area contributed by atoms with E-state index in [2.05, 4.69) is 12.6 Å². The van der Waals surface area contributed by atoms with Gasteiger partial charge in [0.1, 0.15) is 0 Å². The van der Waals surface area contributed by atoms with Crippen LogP contribution in [0.3, 0.4) is 0 Å². The van der Waals surface area contributed by atoms with Crippen molar-refractivity contribution in [2.75, 3.05) is 12.3 Å². The summed E-state index contributed by atoms with van der Waals surface area (Å²) in [5, 5.41) is 8.85. The molecule has 2 aromatic carbocycles. The molecule has 0 N–H and O–H groups in total. The average Bonchev–Trinajstić information content (AvgIpc) is 2.61. The molecular formula is C20H20N2OS. The number of hydrogen-bond donors (Lipinski definition) is 0. The summed E-state index contributed by atoms with van der Waals surface area (Å²) in [7, 11) is 0. The summed E-state index contributed by atoms with van der Waals surface area (Å²) in [4.78, 5) is 15.5. The van der Waals surface area contributed by atoms with E-state index in [0.717, 1.165) is 10.5 Å². The molecule has 2 rings (SSSR count). The average molecular weight is 336 g/mol. The van der Waals surface area contributed by atoms with Gasteiger partial charge in [-0.3, -0.25) is 4.79 Å². The lowest BCUT2D eigenvalue weighted by molar-refractivity contribution is -0.128. The lowest BCUT2D eigenvalue weighted by atomic mass is 10.1. The number of carbonyl (C=O) groups excluding carboxylic acids is 1. The van der Waals surface area contributed by atoms with E-state index >= 15 is 0 Å². The van der Waals surface area contributed by atoms with Gasteiger partial charge in [-0.15, -0.1) is 18.3 Å². The third-order valence-electron chi connectivity index (χ3n) is 3.60. The van der Waals surface area contributed by atoms with Crippen LogP contribution in [-0.2, 0) is 11.3 Å². The number of nitriles is 1. The number of nitrogens with zero attached hydrogens (tertiary/aromatic N) is 2. The molecule has 0 radical (unpaired) electrons. The molecule has 0 fully saturated rings. The van der Waals surface area contributed by atoms with Crippen molar-refractivity contribution in [2.45, 2.75) is 18.4 Å². The number of amides is 1.